The van der Waals surface area contributed by atoms with Crippen LogP contribution in [0.1, 0.15) is 18.4 Å². The lowest BCUT2D eigenvalue weighted by atomic mass is 9.96. The van der Waals surface area contributed by atoms with Crippen molar-refractivity contribution >= 4 is 39.1 Å². The summed E-state index contributed by atoms with van der Waals surface area (Å²) in [5.74, 6) is -0.648. The monoisotopic (exact) mass is 458 g/mol. The smallest absolute Gasteiger partial charge is 0.246 e. The van der Waals surface area contributed by atoms with Gasteiger partial charge in [-0.15, -0.1) is 0 Å². The van der Waals surface area contributed by atoms with Crippen LogP contribution in [-0.2, 0) is 21.4 Å². The van der Waals surface area contributed by atoms with Crippen molar-refractivity contribution in [1.82, 2.24) is 9.21 Å². The van der Waals surface area contributed by atoms with Gasteiger partial charge in [-0.25, -0.2) is 12.8 Å². The van der Waals surface area contributed by atoms with Crippen LogP contribution < -0.4 is 0 Å². The van der Waals surface area contributed by atoms with Crippen LogP contribution in [0.3, 0.4) is 0 Å². The Morgan fingerprint density at radius 1 is 1.10 bits per heavy atom. The number of nitrogens with zero attached hydrogens (tertiary/aromatic N) is 2. The molecule has 2 aromatic carbocycles. The van der Waals surface area contributed by atoms with Crippen molar-refractivity contribution in [3.8, 4) is 0 Å². The van der Waals surface area contributed by atoms with E-state index in [1.807, 2.05) is 0 Å². The van der Waals surface area contributed by atoms with Gasteiger partial charge in [0, 0.05) is 32.6 Å². The van der Waals surface area contributed by atoms with E-state index in [0.717, 1.165) is 5.56 Å². The van der Waals surface area contributed by atoms with Crippen molar-refractivity contribution in [2.45, 2.75) is 24.3 Å². The number of carbonyl (C=O) groups excluding carboxylic acids is 1. The molecule has 156 valence electrons. The second-order valence-electron chi connectivity index (χ2n) is 7.05. The van der Waals surface area contributed by atoms with Crippen molar-refractivity contribution in [3.05, 3.63) is 63.9 Å². The number of halogens is 3. The van der Waals surface area contributed by atoms with E-state index in [1.165, 1.54) is 28.6 Å². The van der Waals surface area contributed by atoms with Crippen LogP contribution in [0, 0.1) is 11.7 Å². The van der Waals surface area contributed by atoms with Crippen LogP contribution in [0.15, 0.2) is 47.4 Å². The third kappa shape index (κ3) is 4.91. The number of hydrogen-bond acceptors (Lipinski definition) is 3. The number of hydrogen-bond donors (Lipinski definition) is 0. The van der Waals surface area contributed by atoms with Crippen molar-refractivity contribution in [2.75, 3.05) is 20.1 Å². The van der Waals surface area contributed by atoms with E-state index in [9.17, 15) is 17.6 Å². The summed E-state index contributed by atoms with van der Waals surface area (Å²) in [6, 6.07) is 10.6. The first-order chi connectivity index (χ1) is 13.7. The molecule has 3 rings (SSSR count). The van der Waals surface area contributed by atoms with Crippen molar-refractivity contribution in [3.63, 3.8) is 0 Å². The van der Waals surface area contributed by atoms with Gasteiger partial charge in [0.05, 0.1) is 10.0 Å². The van der Waals surface area contributed by atoms with E-state index in [0.29, 0.717) is 19.4 Å². The maximum atomic E-state index is 13.0. The van der Waals surface area contributed by atoms with Gasteiger partial charge in [0.2, 0.25) is 15.9 Å². The Morgan fingerprint density at radius 3 is 2.21 bits per heavy atom. The average molecular weight is 459 g/mol. The number of benzene rings is 2. The molecule has 1 fully saturated rings. The summed E-state index contributed by atoms with van der Waals surface area (Å²) >= 11 is 12.1. The molecule has 1 heterocycles. The Balaban J connectivity index is 1.63. The first kappa shape index (κ1) is 22.0. The summed E-state index contributed by atoms with van der Waals surface area (Å²) in [4.78, 5) is 14.2. The fraction of sp³-hybridized carbons (Fsp3) is 0.350. The lowest BCUT2D eigenvalue weighted by Crippen LogP contribution is -2.43. The summed E-state index contributed by atoms with van der Waals surface area (Å²) in [7, 11) is -2.14. The molecule has 9 heteroatoms. The van der Waals surface area contributed by atoms with Crippen LogP contribution in [0.4, 0.5) is 4.39 Å². The van der Waals surface area contributed by atoms with Crippen LogP contribution in [-0.4, -0.2) is 43.7 Å². The van der Waals surface area contributed by atoms with Gasteiger partial charge in [0.15, 0.2) is 0 Å². The molecule has 0 saturated carbocycles. The molecule has 0 N–H and O–H groups in total. The molecule has 0 bridgehead atoms. The van der Waals surface area contributed by atoms with Gasteiger partial charge in [-0.3, -0.25) is 4.79 Å². The third-order valence-corrected chi connectivity index (χ3v) is 7.88. The second kappa shape index (κ2) is 9.00. The topological polar surface area (TPSA) is 57.7 Å². The summed E-state index contributed by atoms with van der Waals surface area (Å²) in [5, 5.41) is 0.157. The minimum absolute atomic E-state index is 0.0536. The maximum absolute atomic E-state index is 13.0. The largest absolute Gasteiger partial charge is 0.341 e. The highest BCUT2D eigenvalue weighted by Gasteiger charge is 2.35. The molecule has 1 aliphatic rings. The van der Waals surface area contributed by atoms with Gasteiger partial charge < -0.3 is 4.90 Å². The zero-order valence-corrected chi connectivity index (χ0v) is 18.1. The Kier molecular flexibility index (Phi) is 6.83. The SMILES string of the molecule is CN(Cc1ccc(F)cc1)C(=O)C1CCN(S(=O)(=O)c2c(Cl)cccc2Cl)CC1. The fourth-order valence-electron chi connectivity index (χ4n) is 3.45. The van der Waals surface area contributed by atoms with E-state index in [-0.39, 0.29) is 45.7 Å². The fourth-order valence-corrected chi connectivity index (χ4v) is 6.02. The first-order valence-electron chi connectivity index (χ1n) is 9.13. The summed E-state index contributed by atoms with van der Waals surface area (Å²) in [5.41, 5.74) is 0.829. The molecule has 0 unspecified atom stereocenters. The molecular weight excluding hydrogens is 438 g/mol. The standard InChI is InChI=1S/C20H21Cl2FN2O3S/c1-24(13-14-5-7-16(23)8-6-14)20(26)15-9-11-25(12-10-15)29(27,28)19-17(21)3-2-4-18(19)22/h2-8,15H,9-13H2,1H3. The molecule has 0 atom stereocenters. The van der Waals surface area contributed by atoms with Crippen molar-refractivity contribution in [2.24, 2.45) is 5.92 Å². The molecule has 5 nitrogen and oxygen atoms in total. The average Bonchev–Trinajstić information content (AvgIpc) is 2.69. The molecule has 0 radical (unpaired) electrons. The number of rotatable bonds is 5. The van der Waals surface area contributed by atoms with Crippen molar-refractivity contribution in [1.29, 1.82) is 0 Å². The summed E-state index contributed by atoms with van der Waals surface area (Å²) in [6.07, 6.45) is 0.821. The molecule has 0 aliphatic carbocycles. The van der Waals surface area contributed by atoms with Crippen LogP contribution in [0.5, 0.6) is 0 Å². The van der Waals surface area contributed by atoms with E-state index in [2.05, 4.69) is 0 Å². The lowest BCUT2D eigenvalue weighted by molar-refractivity contribution is -0.135. The Hall–Kier alpha value is -1.67. The summed E-state index contributed by atoms with van der Waals surface area (Å²) < 4.78 is 40.2. The molecule has 0 aromatic heterocycles. The van der Waals surface area contributed by atoms with Crippen LogP contribution in [0.2, 0.25) is 10.0 Å². The molecule has 1 aliphatic heterocycles. The Labute approximate surface area is 180 Å². The second-order valence-corrected chi connectivity index (χ2v) is 9.74. The molecule has 0 spiro atoms. The molecule has 29 heavy (non-hydrogen) atoms. The highest BCUT2D eigenvalue weighted by atomic mass is 35.5. The highest BCUT2D eigenvalue weighted by molar-refractivity contribution is 7.89. The quantitative estimate of drug-likeness (QED) is 0.674. The maximum Gasteiger partial charge on any atom is 0.246 e. The van der Waals surface area contributed by atoms with Gasteiger partial charge in [-0.2, -0.15) is 4.31 Å². The van der Waals surface area contributed by atoms with E-state index >= 15 is 0 Å². The number of carbonyl (C=O) groups is 1. The molecule has 2 aromatic rings. The van der Waals surface area contributed by atoms with Gasteiger partial charge in [-0.1, -0.05) is 41.4 Å². The first-order valence-corrected chi connectivity index (χ1v) is 11.3. The zero-order chi connectivity index (χ0) is 21.2. The zero-order valence-electron chi connectivity index (χ0n) is 15.8. The van der Waals surface area contributed by atoms with Crippen molar-refractivity contribution < 1.29 is 17.6 Å². The van der Waals surface area contributed by atoms with Gasteiger partial charge in [-0.05, 0) is 42.7 Å². The third-order valence-electron chi connectivity index (χ3n) is 5.03. The lowest BCUT2D eigenvalue weighted by Gasteiger charge is -2.32. The van der Waals surface area contributed by atoms with Crippen LogP contribution >= 0.6 is 23.2 Å². The normalized spacial score (nSPS) is 16.0. The molecule has 1 saturated heterocycles. The number of amides is 1. The van der Waals surface area contributed by atoms with E-state index < -0.39 is 10.0 Å². The Morgan fingerprint density at radius 2 is 1.66 bits per heavy atom. The minimum Gasteiger partial charge on any atom is -0.341 e. The van der Waals surface area contributed by atoms with Crippen LogP contribution in [0.25, 0.3) is 0 Å². The van der Waals surface area contributed by atoms with E-state index in [4.69, 9.17) is 23.2 Å². The number of piperidine rings is 1. The van der Waals surface area contributed by atoms with Gasteiger partial charge >= 0.3 is 0 Å². The molecular formula is C20H21Cl2FN2O3S. The van der Waals surface area contributed by atoms with Gasteiger partial charge in [0.1, 0.15) is 10.7 Å². The summed E-state index contributed by atoms with van der Waals surface area (Å²) in [6.45, 7) is 0.794. The highest BCUT2D eigenvalue weighted by Crippen LogP contribution is 2.33. The predicted molar refractivity (Wildman–Crippen MR) is 111 cm³/mol. The van der Waals surface area contributed by atoms with E-state index in [1.54, 1.807) is 30.1 Å². The molecule has 1 amide bonds. The predicted octanol–water partition coefficient (Wildman–Crippen LogP) is 4.19. The Bertz CT molecular complexity index is 971. The minimum atomic E-state index is -3.84. The number of sulfonamides is 1. The van der Waals surface area contributed by atoms with Gasteiger partial charge in [0.25, 0.3) is 0 Å².